The molecule has 28 heavy (non-hydrogen) atoms. The van der Waals surface area contributed by atoms with Crippen LogP contribution in [0.15, 0.2) is 42.5 Å². The van der Waals surface area contributed by atoms with E-state index in [4.69, 9.17) is 21.1 Å². The van der Waals surface area contributed by atoms with E-state index in [9.17, 15) is 22.8 Å². The number of carbonyl (C=O) groups excluding carboxylic acids is 2. The summed E-state index contributed by atoms with van der Waals surface area (Å²) in [5.41, 5.74) is -0.574. The molecule has 0 radical (unpaired) electrons. The van der Waals surface area contributed by atoms with Gasteiger partial charge < -0.3 is 14.2 Å². The number of methoxy groups -OCH3 is 1. The molecular weight excluding hydrogens is 401 g/mol. The van der Waals surface area contributed by atoms with Crippen molar-refractivity contribution in [2.45, 2.75) is 19.2 Å². The lowest BCUT2D eigenvalue weighted by Crippen LogP contribution is -2.25. The monoisotopic (exact) mass is 416 g/mol. The number of ether oxygens (including phenoxy) is 3. The van der Waals surface area contributed by atoms with Crippen LogP contribution in [0.5, 0.6) is 11.5 Å². The average Bonchev–Trinajstić information content (AvgIpc) is 2.66. The maximum atomic E-state index is 12.7. The van der Waals surface area contributed by atoms with Gasteiger partial charge in [-0.25, -0.2) is 4.79 Å². The SMILES string of the molecule is COC(=O)C(C)OCC(=O)c1ccc(Oc2ccc(C(F)(F)F)cc2Cl)cc1. The van der Waals surface area contributed by atoms with Crippen molar-refractivity contribution >= 4 is 23.4 Å². The summed E-state index contributed by atoms with van der Waals surface area (Å²) in [6.07, 6.45) is -5.38. The van der Waals surface area contributed by atoms with Crippen LogP contribution in [0, 0.1) is 0 Å². The van der Waals surface area contributed by atoms with Gasteiger partial charge in [0.05, 0.1) is 17.7 Å². The molecule has 2 rings (SSSR count). The van der Waals surface area contributed by atoms with Crippen molar-refractivity contribution < 1.29 is 37.0 Å². The lowest BCUT2D eigenvalue weighted by Gasteiger charge is -2.12. The molecule has 9 heteroatoms. The zero-order valence-electron chi connectivity index (χ0n) is 14.9. The molecule has 150 valence electrons. The Balaban J connectivity index is 2.01. The van der Waals surface area contributed by atoms with E-state index >= 15 is 0 Å². The van der Waals surface area contributed by atoms with Crippen molar-refractivity contribution in [1.82, 2.24) is 0 Å². The zero-order valence-corrected chi connectivity index (χ0v) is 15.6. The highest BCUT2D eigenvalue weighted by Gasteiger charge is 2.31. The molecule has 0 aliphatic carbocycles. The molecule has 0 aliphatic rings. The molecule has 0 saturated heterocycles. The van der Waals surface area contributed by atoms with Gasteiger partial charge in [-0.1, -0.05) is 11.6 Å². The Morgan fingerprint density at radius 2 is 1.75 bits per heavy atom. The van der Waals surface area contributed by atoms with Gasteiger partial charge in [0.25, 0.3) is 0 Å². The highest BCUT2D eigenvalue weighted by Crippen LogP contribution is 2.36. The molecule has 1 atom stereocenters. The molecular formula is C19H16ClF3O5. The second-order valence-electron chi connectivity index (χ2n) is 5.67. The molecule has 2 aromatic rings. The van der Waals surface area contributed by atoms with Gasteiger partial charge in [0.1, 0.15) is 18.1 Å². The Kier molecular flexibility index (Phi) is 7.04. The maximum Gasteiger partial charge on any atom is 0.416 e. The predicted octanol–water partition coefficient (Wildman–Crippen LogP) is 4.91. The Morgan fingerprint density at radius 3 is 2.29 bits per heavy atom. The second kappa shape index (κ2) is 9.07. The van der Waals surface area contributed by atoms with Gasteiger partial charge in [-0.3, -0.25) is 4.79 Å². The first-order valence-electron chi connectivity index (χ1n) is 7.99. The number of hydrogen-bond acceptors (Lipinski definition) is 5. The highest BCUT2D eigenvalue weighted by atomic mass is 35.5. The predicted molar refractivity (Wildman–Crippen MR) is 94.7 cm³/mol. The maximum absolute atomic E-state index is 12.7. The van der Waals surface area contributed by atoms with Gasteiger partial charge in [-0.15, -0.1) is 0 Å². The summed E-state index contributed by atoms with van der Waals surface area (Å²) in [7, 11) is 1.21. The highest BCUT2D eigenvalue weighted by molar-refractivity contribution is 6.32. The minimum Gasteiger partial charge on any atom is -0.467 e. The Hall–Kier alpha value is -2.58. The molecule has 0 aliphatic heterocycles. The third-order valence-electron chi connectivity index (χ3n) is 3.66. The van der Waals surface area contributed by atoms with Crippen LogP contribution in [0.25, 0.3) is 0 Å². The first-order chi connectivity index (χ1) is 13.1. The lowest BCUT2D eigenvalue weighted by atomic mass is 10.1. The van der Waals surface area contributed by atoms with Gasteiger partial charge in [-0.05, 0) is 49.4 Å². The van der Waals surface area contributed by atoms with E-state index in [2.05, 4.69) is 4.74 Å². The summed E-state index contributed by atoms with van der Waals surface area (Å²) in [6, 6.07) is 8.60. The first-order valence-corrected chi connectivity index (χ1v) is 8.37. The first kappa shape index (κ1) is 21.7. The number of alkyl halides is 3. The van der Waals surface area contributed by atoms with E-state index in [1.54, 1.807) is 0 Å². The van der Waals surface area contributed by atoms with Crippen molar-refractivity contribution in [3.63, 3.8) is 0 Å². The minimum atomic E-state index is -4.50. The molecule has 0 amide bonds. The molecule has 1 unspecified atom stereocenters. The molecule has 0 fully saturated rings. The van der Waals surface area contributed by atoms with Gasteiger partial charge in [0.15, 0.2) is 11.9 Å². The Labute approximate surface area is 164 Å². The number of rotatable bonds is 7. The third-order valence-corrected chi connectivity index (χ3v) is 3.96. The smallest absolute Gasteiger partial charge is 0.416 e. The van der Waals surface area contributed by atoms with Crippen molar-refractivity contribution in [3.8, 4) is 11.5 Å². The van der Waals surface area contributed by atoms with Gasteiger partial charge in [0, 0.05) is 5.56 Å². The molecule has 0 saturated carbocycles. The van der Waals surface area contributed by atoms with Gasteiger partial charge >= 0.3 is 12.1 Å². The van der Waals surface area contributed by atoms with Crippen LogP contribution < -0.4 is 4.74 Å². The number of hydrogen-bond donors (Lipinski definition) is 0. The molecule has 5 nitrogen and oxygen atoms in total. The molecule has 0 aromatic heterocycles. The summed E-state index contributed by atoms with van der Waals surface area (Å²) in [5.74, 6) is -0.633. The van der Waals surface area contributed by atoms with Gasteiger partial charge in [0.2, 0.25) is 0 Å². The number of benzene rings is 2. The summed E-state index contributed by atoms with van der Waals surface area (Å²) in [5, 5.41) is -0.194. The summed E-state index contributed by atoms with van der Waals surface area (Å²) in [6.45, 7) is 1.14. The fourth-order valence-electron chi connectivity index (χ4n) is 2.11. The lowest BCUT2D eigenvalue weighted by molar-refractivity contribution is -0.152. The van der Waals surface area contributed by atoms with Crippen molar-refractivity contribution in [3.05, 3.63) is 58.6 Å². The van der Waals surface area contributed by atoms with E-state index in [-0.39, 0.29) is 28.9 Å². The third kappa shape index (κ3) is 5.71. The van der Waals surface area contributed by atoms with Crippen LogP contribution >= 0.6 is 11.6 Å². The summed E-state index contributed by atoms with van der Waals surface area (Å²) >= 11 is 5.84. The number of halogens is 4. The van der Waals surface area contributed by atoms with E-state index in [0.29, 0.717) is 5.56 Å². The standard InChI is InChI=1S/C19H16ClF3O5/c1-11(18(25)26-2)27-10-16(24)12-3-6-14(7-4-12)28-17-8-5-13(9-15(17)20)19(21,22)23/h3-9,11H,10H2,1-2H3. The molecule has 0 heterocycles. The van der Waals surface area contributed by atoms with Gasteiger partial charge in [-0.2, -0.15) is 13.2 Å². The van der Waals surface area contributed by atoms with Crippen LogP contribution in [0.1, 0.15) is 22.8 Å². The fraction of sp³-hybridized carbons (Fsp3) is 0.263. The average molecular weight is 417 g/mol. The Morgan fingerprint density at radius 1 is 1.11 bits per heavy atom. The van der Waals surface area contributed by atoms with Crippen LogP contribution in [0.3, 0.4) is 0 Å². The molecule has 2 aromatic carbocycles. The van der Waals surface area contributed by atoms with Crippen molar-refractivity contribution in [2.24, 2.45) is 0 Å². The van der Waals surface area contributed by atoms with E-state index in [1.807, 2.05) is 0 Å². The normalized spacial score (nSPS) is 12.4. The van der Waals surface area contributed by atoms with Crippen LogP contribution in [0.2, 0.25) is 5.02 Å². The van der Waals surface area contributed by atoms with Crippen molar-refractivity contribution in [2.75, 3.05) is 13.7 Å². The van der Waals surface area contributed by atoms with Crippen molar-refractivity contribution in [1.29, 1.82) is 0 Å². The van der Waals surface area contributed by atoms with Crippen LogP contribution in [-0.4, -0.2) is 31.6 Å². The Bertz CT molecular complexity index is 850. The van der Waals surface area contributed by atoms with Crippen LogP contribution in [-0.2, 0) is 20.4 Å². The van der Waals surface area contributed by atoms with Crippen LogP contribution in [0.4, 0.5) is 13.2 Å². The molecule has 0 bridgehead atoms. The molecule has 0 spiro atoms. The largest absolute Gasteiger partial charge is 0.467 e. The zero-order chi connectivity index (χ0) is 20.9. The van der Waals surface area contributed by atoms with E-state index < -0.39 is 23.8 Å². The van der Waals surface area contributed by atoms with E-state index in [0.717, 1.165) is 18.2 Å². The topological polar surface area (TPSA) is 61.8 Å². The summed E-state index contributed by atoms with van der Waals surface area (Å²) in [4.78, 5) is 23.3. The number of esters is 1. The second-order valence-corrected chi connectivity index (χ2v) is 6.08. The summed E-state index contributed by atoms with van der Waals surface area (Å²) < 4.78 is 53.0. The quantitative estimate of drug-likeness (QED) is 0.474. The fourth-order valence-corrected chi connectivity index (χ4v) is 2.33. The minimum absolute atomic E-state index is 0.0454. The number of ketones is 1. The number of carbonyl (C=O) groups is 2. The number of Topliss-reactive ketones (excluding diaryl/α,β-unsaturated/α-hetero) is 1. The van der Waals surface area contributed by atoms with E-state index in [1.165, 1.54) is 38.3 Å². The molecule has 0 N–H and O–H groups in total.